The van der Waals surface area contributed by atoms with Crippen LogP contribution in [0.15, 0.2) is 30.9 Å². The second kappa shape index (κ2) is 6.72. The average molecular weight is 413 g/mol. The van der Waals surface area contributed by atoms with Crippen molar-refractivity contribution in [1.29, 1.82) is 0 Å². The van der Waals surface area contributed by atoms with Gasteiger partial charge in [-0.1, -0.05) is 39.5 Å². The topological polar surface area (TPSA) is 29.5 Å². The first-order valence-corrected chi connectivity index (χ1v) is 14.5. The van der Waals surface area contributed by atoms with E-state index in [4.69, 9.17) is 4.43 Å². The third kappa shape index (κ3) is 3.63. The molecule has 0 amide bonds. The molecule has 3 heteroatoms. The van der Waals surface area contributed by atoms with E-state index in [1.165, 1.54) is 44.1 Å². The summed E-state index contributed by atoms with van der Waals surface area (Å²) in [4.78, 5) is 0. The number of aliphatic hydroxyl groups is 1. The molecule has 4 aliphatic rings. The number of hydrogen-bond donors (Lipinski definition) is 1. The molecule has 4 saturated carbocycles. The van der Waals surface area contributed by atoms with Crippen LogP contribution in [0.1, 0.15) is 77.3 Å². The van der Waals surface area contributed by atoms with Gasteiger partial charge in [0.1, 0.15) is 11.4 Å². The molecule has 1 aromatic carbocycles. The zero-order valence-corrected chi connectivity index (χ0v) is 20.3. The van der Waals surface area contributed by atoms with Crippen molar-refractivity contribution in [3.05, 3.63) is 42.0 Å². The Hall–Kier alpha value is -1.06. The molecule has 2 nitrogen and oxygen atoms in total. The molecule has 0 aromatic heterocycles. The summed E-state index contributed by atoms with van der Waals surface area (Å²) in [5.41, 5.74) is 1.55. The molecule has 0 heterocycles. The Bertz CT molecular complexity index is 764. The summed E-state index contributed by atoms with van der Waals surface area (Å²) in [5, 5.41) is 11.1. The minimum Gasteiger partial charge on any atom is -0.543 e. The maximum Gasteiger partial charge on any atom is 0.250 e. The Balaban J connectivity index is 1.81. The van der Waals surface area contributed by atoms with Gasteiger partial charge in [0, 0.05) is 0 Å². The van der Waals surface area contributed by atoms with Crippen molar-refractivity contribution in [2.24, 2.45) is 17.8 Å². The molecule has 1 N–H and O–H groups in total. The van der Waals surface area contributed by atoms with Crippen molar-refractivity contribution in [3.8, 4) is 5.75 Å². The molecule has 0 spiro atoms. The average Bonchev–Trinajstić information content (AvgIpc) is 2.59. The zero-order valence-electron chi connectivity index (χ0n) is 19.3. The van der Waals surface area contributed by atoms with E-state index in [9.17, 15) is 5.11 Å². The highest BCUT2D eigenvalue weighted by atomic mass is 28.4. The van der Waals surface area contributed by atoms with Crippen LogP contribution in [0.5, 0.6) is 5.75 Å². The van der Waals surface area contributed by atoms with Crippen LogP contribution in [0.25, 0.3) is 0 Å². The van der Waals surface area contributed by atoms with Crippen molar-refractivity contribution in [2.45, 2.75) is 95.4 Å². The molecule has 160 valence electrons. The maximum atomic E-state index is 10.9. The van der Waals surface area contributed by atoms with Gasteiger partial charge in [-0.05, 0) is 110 Å². The van der Waals surface area contributed by atoms with Crippen LogP contribution in [-0.4, -0.2) is 13.4 Å². The van der Waals surface area contributed by atoms with E-state index >= 15 is 0 Å². The fourth-order valence-corrected chi connectivity index (χ4v) is 7.37. The SMILES string of the molecule is C=CC(C)(O)c1ccc(O[Si](C)(C)C(C)(C)C)c(C23CC4CC(CC(C4)C2)C3)c1. The van der Waals surface area contributed by atoms with Gasteiger partial charge in [-0.15, -0.1) is 0 Å². The summed E-state index contributed by atoms with van der Waals surface area (Å²) in [6.07, 6.45) is 9.84. The third-order valence-corrected chi connectivity index (χ3v) is 13.1. The lowest BCUT2D eigenvalue weighted by molar-refractivity contribution is -0.00604. The molecule has 0 saturated heterocycles. The molecule has 4 aliphatic carbocycles. The number of hydrogen-bond acceptors (Lipinski definition) is 2. The lowest BCUT2D eigenvalue weighted by atomic mass is 9.48. The van der Waals surface area contributed by atoms with E-state index < -0.39 is 13.9 Å². The van der Waals surface area contributed by atoms with E-state index in [1.54, 1.807) is 6.08 Å². The lowest BCUT2D eigenvalue weighted by Crippen LogP contribution is -2.49. The summed E-state index contributed by atoms with van der Waals surface area (Å²) in [6, 6.07) is 6.48. The number of benzene rings is 1. The summed E-state index contributed by atoms with van der Waals surface area (Å²) < 4.78 is 6.92. The molecular weight excluding hydrogens is 372 g/mol. The molecule has 0 radical (unpaired) electrons. The standard InChI is InChI=1S/C26H40O2Si/c1-8-25(5,27)21-9-10-23(28-29(6,7)24(2,3)4)22(14-21)26-15-18-11-19(16-26)13-20(12-18)17-26/h8-10,14,18-20,27H,1,11-13,15-17H2,2-7H3. The highest BCUT2D eigenvalue weighted by Crippen LogP contribution is 2.62. The minimum atomic E-state index is -1.95. The van der Waals surface area contributed by atoms with Gasteiger partial charge in [-0.25, -0.2) is 0 Å². The summed E-state index contributed by atoms with van der Waals surface area (Å²) in [5.74, 6) is 3.73. The highest BCUT2D eigenvalue weighted by molar-refractivity contribution is 6.74. The predicted octanol–water partition coefficient (Wildman–Crippen LogP) is 6.93. The first-order chi connectivity index (χ1) is 13.4. The second-order valence-corrected chi connectivity index (χ2v) is 16.8. The van der Waals surface area contributed by atoms with Gasteiger partial charge in [0.15, 0.2) is 0 Å². The maximum absolute atomic E-state index is 10.9. The van der Waals surface area contributed by atoms with E-state index in [0.29, 0.717) is 0 Å². The lowest BCUT2D eigenvalue weighted by Gasteiger charge is -2.57. The molecule has 4 fully saturated rings. The fraction of sp³-hybridized carbons (Fsp3) is 0.692. The van der Waals surface area contributed by atoms with Gasteiger partial charge >= 0.3 is 0 Å². The predicted molar refractivity (Wildman–Crippen MR) is 124 cm³/mol. The van der Waals surface area contributed by atoms with Crippen LogP contribution < -0.4 is 4.43 Å². The normalized spacial score (nSPS) is 33.4. The van der Waals surface area contributed by atoms with E-state index in [1.807, 2.05) is 13.0 Å². The molecule has 1 unspecified atom stereocenters. The van der Waals surface area contributed by atoms with Crippen LogP contribution in [0, 0.1) is 17.8 Å². The van der Waals surface area contributed by atoms with Gasteiger partial charge in [-0.3, -0.25) is 0 Å². The van der Waals surface area contributed by atoms with Crippen LogP contribution >= 0.6 is 0 Å². The highest BCUT2D eigenvalue weighted by Gasteiger charge is 2.53. The summed E-state index contributed by atoms with van der Waals surface area (Å²) in [7, 11) is -1.95. The van der Waals surface area contributed by atoms with Crippen molar-refractivity contribution < 1.29 is 9.53 Å². The van der Waals surface area contributed by atoms with E-state index in [-0.39, 0.29) is 10.5 Å². The van der Waals surface area contributed by atoms with Crippen molar-refractivity contribution in [2.75, 3.05) is 0 Å². The first-order valence-electron chi connectivity index (χ1n) is 11.6. The second-order valence-electron chi connectivity index (χ2n) is 12.1. The molecule has 0 aliphatic heterocycles. The molecule has 5 rings (SSSR count). The first kappa shape index (κ1) is 21.2. The van der Waals surface area contributed by atoms with Gasteiger partial charge in [0.25, 0.3) is 0 Å². The van der Waals surface area contributed by atoms with E-state index in [2.05, 4.69) is 52.6 Å². The van der Waals surface area contributed by atoms with Crippen LogP contribution in [-0.2, 0) is 11.0 Å². The van der Waals surface area contributed by atoms with Crippen LogP contribution in [0.2, 0.25) is 18.1 Å². The third-order valence-electron chi connectivity index (χ3n) is 8.74. The molecule has 4 bridgehead atoms. The Kier molecular flexibility index (Phi) is 4.91. The summed E-state index contributed by atoms with van der Waals surface area (Å²) in [6.45, 7) is 17.3. The van der Waals surface area contributed by atoms with Gasteiger partial charge < -0.3 is 9.53 Å². The fourth-order valence-electron chi connectivity index (χ4n) is 6.33. The van der Waals surface area contributed by atoms with Crippen LogP contribution in [0.3, 0.4) is 0 Å². The Morgan fingerprint density at radius 3 is 2.00 bits per heavy atom. The van der Waals surface area contributed by atoms with Crippen molar-refractivity contribution in [1.82, 2.24) is 0 Å². The van der Waals surface area contributed by atoms with Crippen molar-refractivity contribution >= 4 is 8.32 Å². The van der Waals surface area contributed by atoms with Gasteiger partial charge in [0.05, 0.1) is 0 Å². The Morgan fingerprint density at radius 2 is 1.55 bits per heavy atom. The molecule has 29 heavy (non-hydrogen) atoms. The zero-order chi connectivity index (χ0) is 21.2. The van der Waals surface area contributed by atoms with E-state index in [0.717, 1.165) is 29.1 Å². The Morgan fingerprint density at radius 1 is 1.03 bits per heavy atom. The smallest absolute Gasteiger partial charge is 0.250 e. The van der Waals surface area contributed by atoms with Gasteiger partial charge in [0.2, 0.25) is 8.32 Å². The van der Waals surface area contributed by atoms with Crippen LogP contribution in [0.4, 0.5) is 0 Å². The minimum absolute atomic E-state index is 0.164. The Labute approximate surface area is 178 Å². The van der Waals surface area contributed by atoms with Gasteiger partial charge in [-0.2, -0.15) is 0 Å². The molecule has 1 aromatic rings. The molecule has 1 atom stereocenters. The summed E-state index contributed by atoms with van der Waals surface area (Å²) >= 11 is 0. The molecular formula is C26H40O2Si. The quantitative estimate of drug-likeness (QED) is 0.419. The van der Waals surface area contributed by atoms with Crippen molar-refractivity contribution in [3.63, 3.8) is 0 Å². The largest absolute Gasteiger partial charge is 0.543 e. The monoisotopic (exact) mass is 412 g/mol. The number of rotatable bonds is 5.